The van der Waals surface area contributed by atoms with Gasteiger partial charge in [-0.1, -0.05) is 24.3 Å². The molecule has 1 aliphatic carbocycles. The molecule has 2 aromatic carbocycles. The molecule has 0 N–H and O–H groups in total. The summed E-state index contributed by atoms with van der Waals surface area (Å²) in [5.74, 6) is -1.57. The van der Waals surface area contributed by atoms with Crippen LogP contribution in [0.15, 0.2) is 64.8 Å². The van der Waals surface area contributed by atoms with Gasteiger partial charge in [0, 0.05) is 29.3 Å². The third-order valence-corrected chi connectivity index (χ3v) is 5.84. The number of rotatable bonds is 5. The zero-order chi connectivity index (χ0) is 22.0. The molecule has 1 unspecified atom stereocenters. The van der Waals surface area contributed by atoms with Crippen LogP contribution in [0.3, 0.4) is 0 Å². The first kappa shape index (κ1) is 21.0. The van der Waals surface area contributed by atoms with Gasteiger partial charge in [0.25, 0.3) is 0 Å². The summed E-state index contributed by atoms with van der Waals surface area (Å²) in [7, 11) is 1.59. The van der Waals surface area contributed by atoms with Crippen LogP contribution < -0.4 is 4.74 Å². The average molecular weight is 421 g/mol. The number of ether oxygens (including phenoxy) is 2. The van der Waals surface area contributed by atoms with Gasteiger partial charge >= 0.3 is 5.97 Å². The topological polar surface area (TPSA) is 65.0 Å². The third-order valence-electron chi connectivity index (χ3n) is 5.84. The number of aliphatic imine (C=N–C) groups is 1. The molecule has 2 aliphatic rings. The van der Waals surface area contributed by atoms with E-state index in [0.717, 1.165) is 12.0 Å². The van der Waals surface area contributed by atoms with Crippen molar-refractivity contribution in [3.63, 3.8) is 0 Å². The molecule has 0 amide bonds. The van der Waals surface area contributed by atoms with E-state index in [1.165, 1.54) is 12.1 Å². The number of Topliss-reactive ketones (excluding diaryl/α,β-unsaturated/α-hetero) is 1. The number of methoxy groups -OCH3 is 1. The van der Waals surface area contributed by atoms with E-state index in [2.05, 4.69) is 4.99 Å². The fourth-order valence-corrected chi connectivity index (χ4v) is 4.34. The molecular formula is C25H24FNO4. The van der Waals surface area contributed by atoms with Gasteiger partial charge in [-0.3, -0.25) is 14.6 Å². The number of halogens is 1. The lowest BCUT2D eigenvalue weighted by molar-refractivity contribution is -0.148. The number of hydrogen-bond acceptors (Lipinski definition) is 5. The summed E-state index contributed by atoms with van der Waals surface area (Å²) >= 11 is 0. The van der Waals surface area contributed by atoms with Gasteiger partial charge in [-0.05, 0) is 55.2 Å². The van der Waals surface area contributed by atoms with E-state index < -0.39 is 23.6 Å². The highest BCUT2D eigenvalue weighted by Gasteiger charge is 2.43. The van der Waals surface area contributed by atoms with E-state index in [1.807, 2.05) is 12.1 Å². The van der Waals surface area contributed by atoms with Crippen LogP contribution in [-0.2, 0) is 20.9 Å². The average Bonchev–Trinajstić information content (AvgIpc) is 2.77. The molecule has 1 aliphatic heterocycles. The van der Waals surface area contributed by atoms with Gasteiger partial charge in [0.05, 0.1) is 7.11 Å². The largest absolute Gasteiger partial charge is 0.497 e. The number of benzene rings is 2. The molecule has 160 valence electrons. The minimum absolute atomic E-state index is 0.0280. The summed E-state index contributed by atoms with van der Waals surface area (Å²) in [5, 5.41) is 0. The van der Waals surface area contributed by atoms with Crippen LogP contribution in [-0.4, -0.2) is 24.6 Å². The summed E-state index contributed by atoms with van der Waals surface area (Å²) in [6.45, 7) is 1.86. The molecule has 0 radical (unpaired) electrons. The molecular weight excluding hydrogens is 397 g/mol. The number of carbonyl (C=O) groups is 2. The van der Waals surface area contributed by atoms with Crippen molar-refractivity contribution in [3.05, 3.63) is 76.7 Å². The van der Waals surface area contributed by atoms with Crippen molar-refractivity contribution in [2.45, 2.75) is 38.7 Å². The minimum Gasteiger partial charge on any atom is -0.497 e. The molecule has 0 saturated heterocycles. The first-order valence-electron chi connectivity index (χ1n) is 10.3. The standard InChI is InChI=1S/C25H24FNO4/c1-15-22(25(29)31-14-16-9-11-19(30-2)12-10-16)23(17-5-3-6-18(26)13-17)24-20(27-15)7-4-8-21(24)28/h3,5-6,9-13,22-23H,4,7-8,14H2,1-2H3/t22?,23-/m0/s1. The zero-order valence-corrected chi connectivity index (χ0v) is 17.6. The fraction of sp³-hybridized carbons (Fsp3) is 0.320. The Balaban J connectivity index is 1.65. The number of esters is 1. The molecule has 2 atom stereocenters. The number of hydrogen-bond donors (Lipinski definition) is 0. The van der Waals surface area contributed by atoms with E-state index in [0.29, 0.717) is 41.1 Å². The maximum absolute atomic E-state index is 14.0. The Hall–Kier alpha value is -3.28. The smallest absolute Gasteiger partial charge is 0.315 e. The van der Waals surface area contributed by atoms with Crippen molar-refractivity contribution in [2.24, 2.45) is 10.9 Å². The van der Waals surface area contributed by atoms with Crippen LogP contribution in [0.5, 0.6) is 5.75 Å². The van der Waals surface area contributed by atoms with Gasteiger partial charge in [-0.2, -0.15) is 0 Å². The molecule has 0 spiro atoms. The summed E-state index contributed by atoms with van der Waals surface area (Å²) in [5.41, 5.74) is 3.22. The van der Waals surface area contributed by atoms with E-state index >= 15 is 0 Å². The van der Waals surface area contributed by atoms with Crippen LogP contribution >= 0.6 is 0 Å². The maximum Gasteiger partial charge on any atom is 0.315 e. The first-order valence-corrected chi connectivity index (χ1v) is 10.3. The Kier molecular flexibility index (Phi) is 5.98. The van der Waals surface area contributed by atoms with E-state index in [-0.39, 0.29) is 12.4 Å². The number of carbonyl (C=O) groups excluding carboxylic acids is 2. The molecule has 2 aromatic rings. The van der Waals surface area contributed by atoms with Crippen LogP contribution in [0.4, 0.5) is 4.39 Å². The third kappa shape index (κ3) is 4.29. The second-order valence-electron chi connectivity index (χ2n) is 7.86. The summed E-state index contributed by atoms with van der Waals surface area (Å²) in [4.78, 5) is 30.6. The van der Waals surface area contributed by atoms with Crippen molar-refractivity contribution < 1.29 is 23.5 Å². The van der Waals surface area contributed by atoms with Gasteiger partial charge in [-0.15, -0.1) is 0 Å². The summed E-state index contributed by atoms with van der Waals surface area (Å²) in [6.07, 6.45) is 1.82. The second-order valence-corrected chi connectivity index (χ2v) is 7.86. The second kappa shape index (κ2) is 8.84. The number of allylic oxidation sites excluding steroid dienone is 2. The van der Waals surface area contributed by atoms with Crippen LogP contribution in [0.25, 0.3) is 0 Å². The minimum atomic E-state index is -0.777. The van der Waals surface area contributed by atoms with E-state index in [1.54, 1.807) is 38.3 Å². The van der Waals surface area contributed by atoms with Crippen molar-refractivity contribution in [1.82, 2.24) is 0 Å². The molecule has 0 fully saturated rings. The van der Waals surface area contributed by atoms with E-state index in [9.17, 15) is 14.0 Å². The summed E-state index contributed by atoms with van der Waals surface area (Å²) < 4.78 is 24.8. The fourth-order valence-electron chi connectivity index (χ4n) is 4.34. The molecule has 0 bridgehead atoms. The van der Waals surface area contributed by atoms with Gasteiger partial charge in [0.1, 0.15) is 24.1 Å². The summed E-state index contributed by atoms with van der Waals surface area (Å²) in [6, 6.07) is 13.3. The molecule has 31 heavy (non-hydrogen) atoms. The van der Waals surface area contributed by atoms with Gasteiger partial charge < -0.3 is 9.47 Å². The highest BCUT2D eigenvalue weighted by atomic mass is 19.1. The highest BCUT2D eigenvalue weighted by molar-refractivity contribution is 6.08. The first-order chi connectivity index (χ1) is 15.0. The molecule has 1 heterocycles. The predicted octanol–water partition coefficient (Wildman–Crippen LogP) is 4.76. The lowest BCUT2D eigenvalue weighted by Crippen LogP contribution is -2.37. The number of ketones is 1. The van der Waals surface area contributed by atoms with Gasteiger partial charge in [-0.25, -0.2) is 4.39 Å². The van der Waals surface area contributed by atoms with Crippen molar-refractivity contribution in [3.8, 4) is 5.75 Å². The van der Waals surface area contributed by atoms with Crippen LogP contribution in [0, 0.1) is 11.7 Å². The van der Waals surface area contributed by atoms with Crippen molar-refractivity contribution >= 4 is 17.5 Å². The molecule has 0 aromatic heterocycles. The zero-order valence-electron chi connectivity index (χ0n) is 17.6. The van der Waals surface area contributed by atoms with Gasteiger partial charge in [0.2, 0.25) is 0 Å². The number of nitrogens with zero attached hydrogens (tertiary/aromatic N) is 1. The molecule has 6 heteroatoms. The van der Waals surface area contributed by atoms with E-state index in [4.69, 9.17) is 9.47 Å². The quantitative estimate of drug-likeness (QED) is 0.653. The monoisotopic (exact) mass is 421 g/mol. The van der Waals surface area contributed by atoms with Crippen molar-refractivity contribution in [1.29, 1.82) is 0 Å². The van der Waals surface area contributed by atoms with Crippen LogP contribution in [0.2, 0.25) is 0 Å². The molecule has 5 nitrogen and oxygen atoms in total. The Morgan fingerprint density at radius 1 is 1.16 bits per heavy atom. The SMILES string of the molecule is COc1ccc(COC(=O)C2C(C)=NC3=C(C(=O)CCC3)[C@H]2c2cccc(F)c2)cc1. The maximum atomic E-state index is 14.0. The molecule has 0 saturated carbocycles. The Morgan fingerprint density at radius 2 is 1.94 bits per heavy atom. The predicted molar refractivity (Wildman–Crippen MR) is 114 cm³/mol. The Bertz CT molecular complexity index is 1070. The molecule has 4 rings (SSSR count). The van der Waals surface area contributed by atoms with Crippen molar-refractivity contribution in [2.75, 3.05) is 7.11 Å². The highest BCUT2D eigenvalue weighted by Crippen LogP contribution is 2.43. The normalized spacial score (nSPS) is 20.7. The Labute approximate surface area is 180 Å². The van der Waals surface area contributed by atoms with Crippen LogP contribution in [0.1, 0.15) is 43.2 Å². The lowest BCUT2D eigenvalue weighted by Gasteiger charge is -2.34. The Morgan fingerprint density at radius 3 is 2.65 bits per heavy atom. The lowest BCUT2D eigenvalue weighted by atomic mass is 9.72. The van der Waals surface area contributed by atoms with Gasteiger partial charge in [0.15, 0.2) is 5.78 Å².